The summed E-state index contributed by atoms with van der Waals surface area (Å²) in [4.78, 5) is 14.6. The Hall–Kier alpha value is -0.650. The second-order valence-electron chi connectivity index (χ2n) is 7.05. The number of hydrogen-bond acceptors (Lipinski definition) is 4. The van der Waals surface area contributed by atoms with Crippen LogP contribution in [0.15, 0.2) is 0 Å². The van der Waals surface area contributed by atoms with Gasteiger partial charge in [-0.25, -0.2) is 0 Å². The monoisotopic (exact) mass is 295 g/mol. The van der Waals surface area contributed by atoms with Gasteiger partial charge in [-0.15, -0.1) is 0 Å². The number of nitrogens with one attached hydrogen (secondary N) is 1. The number of morpholine rings is 1. The van der Waals surface area contributed by atoms with E-state index in [-0.39, 0.29) is 12.0 Å². The third-order valence-electron chi connectivity index (χ3n) is 5.29. The Balaban J connectivity index is 1.35. The largest absolute Gasteiger partial charge is 0.373 e. The highest BCUT2D eigenvalue weighted by atomic mass is 16.5. The van der Waals surface area contributed by atoms with Crippen molar-refractivity contribution in [3.8, 4) is 0 Å². The van der Waals surface area contributed by atoms with Crippen molar-refractivity contribution < 1.29 is 9.53 Å². The molecule has 3 fully saturated rings. The number of nitrogens with two attached hydrogens (primary N) is 1. The summed E-state index contributed by atoms with van der Waals surface area (Å²) in [6, 6.07) is 0.922. The predicted octanol–water partition coefficient (Wildman–Crippen LogP) is 0.873. The van der Waals surface area contributed by atoms with Gasteiger partial charge in [0.15, 0.2) is 0 Å². The highest BCUT2D eigenvalue weighted by Crippen LogP contribution is 2.26. The highest BCUT2D eigenvalue weighted by Gasteiger charge is 2.32. The summed E-state index contributed by atoms with van der Waals surface area (Å²) in [7, 11) is 0. The van der Waals surface area contributed by atoms with Crippen LogP contribution < -0.4 is 11.1 Å². The van der Waals surface area contributed by atoms with Crippen LogP contribution in [0.2, 0.25) is 0 Å². The van der Waals surface area contributed by atoms with Crippen molar-refractivity contribution in [2.24, 2.45) is 11.7 Å². The quantitative estimate of drug-likeness (QED) is 0.808. The molecule has 3 rings (SSSR count). The Morgan fingerprint density at radius 2 is 2.19 bits per heavy atom. The van der Waals surface area contributed by atoms with Gasteiger partial charge in [0.05, 0.1) is 12.7 Å². The lowest BCUT2D eigenvalue weighted by molar-refractivity contribution is -0.123. The zero-order valence-electron chi connectivity index (χ0n) is 12.9. The van der Waals surface area contributed by atoms with Gasteiger partial charge >= 0.3 is 0 Å². The number of ether oxygens (including phenoxy) is 1. The van der Waals surface area contributed by atoms with E-state index >= 15 is 0 Å². The maximum atomic E-state index is 12.1. The molecule has 0 aromatic heterocycles. The Morgan fingerprint density at radius 1 is 1.29 bits per heavy atom. The van der Waals surface area contributed by atoms with Gasteiger partial charge in [-0.2, -0.15) is 0 Å². The number of fused-ring (bicyclic) bond motifs is 1. The molecule has 120 valence electrons. The first kappa shape index (κ1) is 15.3. The summed E-state index contributed by atoms with van der Waals surface area (Å²) in [5, 5.41) is 3.06. The van der Waals surface area contributed by atoms with Crippen LogP contribution in [0, 0.1) is 5.92 Å². The van der Waals surface area contributed by atoms with Gasteiger partial charge in [-0.05, 0) is 44.6 Å². The third-order valence-corrected chi connectivity index (χ3v) is 5.29. The maximum Gasteiger partial charge on any atom is 0.220 e. The highest BCUT2D eigenvalue weighted by molar-refractivity contribution is 5.76. The molecule has 0 radical (unpaired) electrons. The van der Waals surface area contributed by atoms with Crippen molar-refractivity contribution in [2.45, 2.75) is 63.1 Å². The van der Waals surface area contributed by atoms with E-state index in [4.69, 9.17) is 10.5 Å². The minimum absolute atomic E-state index is 0.164. The number of rotatable bonds is 4. The number of amides is 1. The average Bonchev–Trinajstić information content (AvgIpc) is 2.92. The topological polar surface area (TPSA) is 67.6 Å². The van der Waals surface area contributed by atoms with E-state index in [2.05, 4.69) is 10.2 Å². The first-order valence-corrected chi connectivity index (χ1v) is 8.58. The predicted molar refractivity (Wildman–Crippen MR) is 81.9 cm³/mol. The van der Waals surface area contributed by atoms with Crippen molar-refractivity contribution in [3.63, 3.8) is 0 Å². The van der Waals surface area contributed by atoms with Gasteiger partial charge in [0.2, 0.25) is 5.91 Å². The molecule has 2 aliphatic heterocycles. The Labute approximate surface area is 127 Å². The molecule has 0 aromatic rings. The Morgan fingerprint density at radius 3 is 3.05 bits per heavy atom. The molecule has 4 atom stereocenters. The van der Waals surface area contributed by atoms with Crippen molar-refractivity contribution in [1.82, 2.24) is 10.2 Å². The van der Waals surface area contributed by atoms with Crippen molar-refractivity contribution in [3.05, 3.63) is 0 Å². The summed E-state index contributed by atoms with van der Waals surface area (Å²) < 4.78 is 5.87. The fourth-order valence-corrected chi connectivity index (χ4v) is 4.09. The molecule has 2 saturated heterocycles. The van der Waals surface area contributed by atoms with Gasteiger partial charge in [-0.1, -0.05) is 6.42 Å². The SMILES string of the molecule is NC1CCCC(CC(=O)NCC2CN3CCCC3CO2)C1. The van der Waals surface area contributed by atoms with Crippen molar-refractivity contribution in [1.29, 1.82) is 0 Å². The molecule has 0 aromatic carbocycles. The summed E-state index contributed by atoms with van der Waals surface area (Å²) in [6.45, 7) is 3.65. The first-order valence-electron chi connectivity index (χ1n) is 8.58. The van der Waals surface area contributed by atoms with Crippen molar-refractivity contribution >= 4 is 5.91 Å². The fourth-order valence-electron chi connectivity index (χ4n) is 4.09. The normalized spacial score (nSPS) is 37.2. The minimum Gasteiger partial charge on any atom is -0.373 e. The van der Waals surface area contributed by atoms with Crippen LogP contribution in [-0.2, 0) is 9.53 Å². The standard InChI is InChI=1S/C16H29N3O2/c17-13-4-1-3-12(7-13)8-16(20)18-9-15-10-19-6-2-5-14(19)11-21-15/h12-15H,1-11,17H2,(H,18,20). The van der Waals surface area contributed by atoms with Crippen LogP contribution in [0.4, 0.5) is 0 Å². The Bertz CT molecular complexity index is 363. The first-order chi connectivity index (χ1) is 10.2. The molecule has 4 unspecified atom stereocenters. The molecule has 1 amide bonds. The smallest absolute Gasteiger partial charge is 0.220 e. The molecule has 3 aliphatic rings. The molecule has 2 heterocycles. The molecular formula is C16H29N3O2. The fraction of sp³-hybridized carbons (Fsp3) is 0.938. The second kappa shape index (κ2) is 7.07. The minimum atomic E-state index is 0.164. The molecule has 21 heavy (non-hydrogen) atoms. The van der Waals surface area contributed by atoms with E-state index in [0.717, 1.165) is 32.4 Å². The van der Waals surface area contributed by atoms with Crippen LogP contribution in [0.25, 0.3) is 0 Å². The summed E-state index contributed by atoms with van der Waals surface area (Å²) in [5.41, 5.74) is 5.98. The summed E-state index contributed by atoms with van der Waals surface area (Å²) >= 11 is 0. The van der Waals surface area contributed by atoms with Crippen LogP contribution >= 0.6 is 0 Å². The van der Waals surface area contributed by atoms with Gasteiger partial charge < -0.3 is 15.8 Å². The number of carbonyl (C=O) groups excluding carboxylic acids is 1. The third kappa shape index (κ3) is 4.18. The van der Waals surface area contributed by atoms with Crippen LogP contribution in [0.1, 0.15) is 44.9 Å². The van der Waals surface area contributed by atoms with E-state index in [1.807, 2.05) is 0 Å². The maximum absolute atomic E-state index is 12.1. The lowest BCUT2D eigenvalue weighted by atomic mass is 9.84. The van der Waals surface area contributed by atoms with E-state index < -0.39 is 0 Å². The zero-order valence-corrected chi connectivity index (χ0v) is 12.9. The summed E-state index contributed by atoms with van der Waals surface area (Å²) in [6.07, 6.45) is 7.78. The molecule has 3 N–H and O–H groups in total. The number of nitrogens with zero attached hydrogens (tertiary/aromatic N) is 1. The second-order valence-corrected chi connectivity index (χ2v) is 7.05. The van der Waals surface area contributed by atoms with Gasteiger partial charge in [-0.3, -0.25) is 9.69 Å². The van der Waals surface area contributed by atoms with Gasteiger partial charge in [0.25, 0.3) is 0 Å². The lowest BCUT2D eigenvalue weighted by Crippen LogP contribution is -2.50. The summed E-state index contributed by atoms with van der Waals surface area (Å²) in [5.74, 6) is 0.644. The zero-order chi connectivity index (χ0) is 14.7. The molecular weight excluding hydrogens is 266 g/mol. The molecule has 5 heteroatoms. The molecule has 1 aliphatic carbocycles. The van der Waals surface area contributed by atoms with Crippen molar-refractivity contribution in [2.75, 3.05) is 26.2 Å². The van der Waals surface area contributed by atoms with Gasteiger partial charge in [0, 0.05) is 31.6 Å². The lowest BCUT2D eigenvalue weighted by Gasteiger charge is -2.35. The van der Waals surface area contributed by atoms with E-state index in [1.165, 1.54) is 25.8 Å². The average molecular weight is 295 g/mol. The van der Waals surface area contributed by atoms with E-state index in [9.17, 15) is 4.79 Å². The van der Waals surface area contributed by atoms with E-state index in [1.54, 1.807) is 0 Å². The van der Waals surface area contributed by atoms with Gasteiger partial charge in [0.1, 0.15) is 0 Å². The number of hydrogen-bond donors (Lipinski definition) is 2. The molecule has 1 saturated carbocycles. The molecule has 5 nitrogen and oxygen atoms in total. The molecule has 0 spiro atoms. The van der Waals surface area contributed by atoms with Crippen LogP contribution in [0.3, 0.4) is 0 Å². The number of carbonyl (C=O) groups is 1. The van der Waals surface area contributed by atoms with E-state index in [0.29, 0.717) is 31.0 Å². The molecule has 0 bridgehead atoms. The van der Waals surface area contributed by atoms with Crippen LogP contribution in [-0.4, -0.2) is 55.2 Å². The van der Waals surface area contributed by atoms with Crippen LogP contribution in [0.5, 0.6) is 0 Å². The Kier molecular flexibility index (Phi) is 5.14.